The van der Waals surface area contributed by atoms with Crippen LogP contribution in [0.4, 0.5) is 0 Å². The van der Waals surface area contributed by atoms with E-state index in [9.17, 15) is 0 Å². The van der Waals surface area contributed by atoms with Crippen LogP contribution in [0, 0.1) is 0 Å². The molecular weight excluding hydrogens is 136 g/mol. The molecular formula is C5H9O3Si. The lowest BCUT2D eigenvalue weighted by molar-refractivity contribution is 0.0905. The maximum absolute atomic E-state index is 5.12. The lowest BCUT2D eigenvalue weighted by Gasteiger charge is -1.98. The molecule has 9 heavy (non-hydrogen) atoms. The van der Waals surface area contributed by atoms with Gasteiger partial charge in [-0.25, -0.2) is 0 Å². The van der Waals surface area contributed by atoms with Crippen molar-refractivity contribution in [1.82, 2.24) is 0 Å². The summed E-state index contributed by atoms with van der Waals surface area (Å²) in [7, 11) is 2.86. The molecule has 3 radical (unpaired) electrons. The van der Waals surface area contributed by atoms with Gasteiger partial charge in [-0.15, -0.1) is 0 Å². The molecule has 1 aliphatic rings. The predicted molar refractivity (Wildman–Crippen MR) is 32.3 cm³/mol. The molecule has 51 valence electrons. The van der Waals surface area contributed by atoms with Crippen molar-refractivity contribution in [3.05, 3.63) is 0 Å². The van der Waals surface area contributed by atoms with Crippen molar-refractivity contribution in [2.75, 3.05) is 26.4 Å². The van der Waals surface area contributed by atoms with Crippen molar-refractivity contribution in [3.63, 3.8) is 0 Å². The van der Waals surface area contributed by atoms with Gasteiger partial charge < -0.3 is 13.9 Å². The number of hydrogen-bond donors (Lipinski definition) is 0. The van der Waals surface area contributed by atoms with Crippen LogP contribution in [0.1, 0.15) is 0 Å². The summed E-state index contributed by atoms with van der Waals surface area (Å²) >= 11 is 0. The Morgan fingerprint density at radius 2 is 2.33 bits per heavy atom. The first-order valence-corrected chi connectivity index (χ1v) is 3.32. The molecule has 0 amide bonds. The molecule has 0 N–H and O–H groups in total. The van der Waals surface area contributed by atoms with Crippen molar-refractivity contribution >= 4 is 10.5 Å². The van der Waals surface area contributed by atoms with Crippen LogP contribution in [0.3, 0.4) is 0 Å². The Balaban J connectivity index is 1.71. The van der Waals surface area contributed by atoms with Crippen molar-refractivity contribution in [2.45, 2.75) is 6.10 Å². The SMILES string of the molecule is [Si]OCCOCC1CO1. The van der Waals surface area contributed by atoms with Gasteiger partial charge in [-0.3, -0.25) is 0 Å². The molecule has 0 bridgehead atoms. The monoisotopic (exact) mass is 145 g/mol. The normalized spacial score (nSPS) is 24.3. The summed E-state index contributed by atoms with van der Waals surface area (Å²) in [5.41, 5.74) is 0. The van der Waals surface area contributed by atoms with Gasteiger partial charge in [0.05, 0.1) is 26.4 Å². The smallest absolute Gasteiger partial charge is 0.246 e. The summed E-state index contributed by atoms with van der Waals surface area (Å²) in [6.07, 6.45) is 0.361. The van der Waals surface area contributed by atoms with Gasteiger partial charge in [-0.05, 0) is 0 Å². The fraction of sp³-hybridized carbons (Fsp3) is 1.00. The lowest BCUT2D eigenvalue weighted by atomic mass is 10.5. The summed E-state index contributed by atoms with van der Waals surface area (Å²) in [6, 6.07) is 0. The molecule has 0 aromatic rings. The van der Waals surface area contributed by atoms with Crippen LogP contribution >= 0.6 is 0 Å². The maximum atomic E-state index is 5.12. The Morgan fingerprint density at radius 3 is 2.89 bits per heavy atom. The predicted octanol–water partition coefficient (Wildman–Crippen LogP) is -0.498. The van der Waals surface area contributed by atoms with Gasteiger partial charge in [0.15, 0.2) is 0 Å². The Bertz CT molecular complexity index is 74.6. The average molecular weight is 145 g/mol. The van der Waals surface area contributed by atoms with Crippen LogP contribution in [0.25, 0.3) is 0 Å². The summed E-state index contributed by atoms with van der Waals surface area (Å²) in [4.78, 5) is 0. The first-order chi connectivity index (χ1) is 4.43. The highest BCUT2D eigenvalue weighted by Crippen LogP contribution is 2.07. The van der Waals surface area contributed by atoms with Crippen LogP contribution in [0.2, 0.25) is 0 Å². The van der Waals surface area contributed by atoms with E-state index in [0.717, 1.165) is 6.61 Å². The third-order valence-electron chi connectivity index (χ3n) is 1.04. The Morgan fingerprint density at radius 1 is 1.56 bits per heavy atom. The number of rotatable bonds is 5. The Labute approximate surface area is 57.8 Å². The van der Waals surface area contributed by atoms with E-state index >= 15 is 0 Å². The number of epoxide rings is 1. The first-order valence-electron chi connectivity index (χ1n) is 2.91. The maximum Gasteiger partial charge on any atom is 0.246 e. The second-order valence-electron chi connectivity index (χ2n) is 1.88. The van der Waals surface area contributed by atoms with Crippen molar-refractivity contribution < 1.29 is 13.9 Å². The third-order valence-corrected chi connectivity index (χ3v) is 1.24. The highest BCUT2D eigenvalue weighted by Gasteiger charge is 2.21. The molecule has 1 unspecified atom stereocenters. The van der Waals surface area contributed by atoms with E-state index < -0.39 is 0 Å². The largest absolute Gasteiger partial charge is 0.416 e. The minimum Gasteiger partial charge on any atom is -0.416 e. The fourth-order valence-corrected chi connectivity index (χ4v) is 0.563. The van der Waals surface area contributed by atoms with Gasteiger partial charge >= 0.3 is 0 Å². The molecule has 0 spiro atoms. The minimum atomic E-state index is 0.361. The molecule has 1 saturated heterocycles. The van der Waals surface area contributed by atoms with E-state index in [0.29, 0.717) is 25.9 Å². The molecule has 4 heteroatoms. The van der Waals surface area contributed by atoms with Crippen molar-refractivity contribution in [1.29, 1.82) is 0 Å². The number of hydrogen-bond acceptors (Lipinski definition) is 3. The molecule has 1 atom stereocenters. The van der Waals surface area contributed by atoms with Crippen LogP contribution in [-0.4, -0.2) is 43.0 Å². The summed E-state index contributed by atoms with van der Waals surface area (Å²) in [6.45, 7) is 2.78. The zero-order valence-corrected chi connectivity index (χ0v) is 6.13. The summed E-state index contributed by atoms with van der Waals surface area (Å²) < 4.78 is 14.6. The van der Waals surface area contributed by atoms with Gasteiger partial charge in [-0.1, -0.05) is 0 Å². The van der Waals surface area contributed by atoms with Crippen LogP contribution < -0.4 is 0 Å². The van der Waals surface area contributed by atoms with Gasteiger partial charge in [0, 0.05) is 0 Å². The summed E-state index contributed by atoms with van der Waals surface area (Å²) in [5, 5.41) is 0. The van der Waals surface area contributed by atoms with Gasteiger partial charge in [-0.2, -0.15) is 0 Å². The van der Waals surface area contributed by atoms with Gasteiger partial charge in [0.25, 0.3) is 0 Å². The van der Waals surface area contributed by atoms with Crippen LogP contribution in [-0.2, 0) is 13.9 Å². The van der Waals surface area contributed by atoms with E-state index in [2.05, 4.69) is 14.9 Å². The van der Waals surface area contributed by atoms with E-state index in [4.69, 9.17) is 9.47 Å². The topological polar surface area (TPSA) is 31.0 Å². The summed E-state index contributed by atoms with van der Waals surface area (Å²) in [5.74, 6) is 0. The minimum absolute atomic E-state index is 0.361. The molecule has 0 aromatic heterocycles. The molecule has 1 fully saturated rings. The second kappa shape index (κ2) is 4.00. The average Bonchev–Trinajstić information content (AvgIpc) is 2.63. The molecule has 0 aliphatic carbocycles. The highest BCUT2D eigenvalue weighted by atomic mass is 28.2. The Hall–Kier alpha value is 0.0969. The van der Waals surface area contributed by atoms with Gasteiger partial charge in [0.1, 0.15) is 6.10 Å². The van der Waals surface area contributed by atoms with E-state index in [1.54, 1.807) is 0 Å². The van der Waals surface area contributed by atoms with Crippen LogP contribution in [0.5, 0.6) is 0 Å². The zero-order valence-electron chi connectivity index (χ0n) is 5.13. The second-order valence-corrected chi connectivity index (χ2v) is 2.17. The van der Waals surface area contributed by atoms with Crippen LogP contribution in [0.15, 0.2) is 0 Å². The zero-order chi connectivity index (χ0) is 6.53. The van der Waals surface area contributed by atoms with E-state index in [-0.39, 0.29) is 0 Å². The molecule has 1 aliphatic heterocycles. The number of ether oxygens (including phenoxy) is 2. The van der Waals surface area contributed by atoms with Crippen molar-refractivity contribution in [2.24, 2.45) is 0 Å². The van der Waals surface area contributed by atoms with Crippen molar-refractivity contribution in [3.8, 4) is 0 Å². The molecule has 1 heterocycles. The van der Waals surface area contributed by atoms with Gasteiger partial charge in [0.2, 0.25) is 10.5 Å². The third kappa shape index (κ3) is 3.64. The quantitative estimate of drug-likeness (QED) is 0.297. The molecule has 1 rings (SSSR count). The Kier molecular flexibility index (Phi) is 3.20. The fourth-order valence-electron chi connectivity index (χ4n) is 0.480. The van der Waals surface area contributed by atoms with E-state index in [1.807, 2.05) is 0 Å². The highest BCUT2D eigenvalue weighted by molar-refractivity contribution is 5.97. The molecule has 0 aromatic carbocycles. The molecule has 0 saturated carbocycles. The first kappa shape index (κ1) is 7.21. The van der Waals surface area contributed by atoms with E-state index in [1.165, 1.54) is 0 Å². The molecule has 3 nitrogen and oxygen atoms in total. The lowest BCUT2D eigenvalue weighted by Crippen LogP contribution is -2.06. The standard InChI is InChI=1S/C5H9O3Si/c9-8-2-1-6-3-5-4-7-5/h5H,1-4H2.